The Balaban J connectivity index is 1.79. The molecule has 2 heterocycles. The molecule has 2 nitrogen and oxygen atoms in total. The van der Waals surface area contributed by atoms with E-state index in [1.165, 1.54) is 44.9 Å². The second kappa shape index (κ2) is 5.96. The third-order valence-corrected chi connectivity index (χ3v) is 9.02. The fraction of sp³-hybridized carbons (Fsp3) is 0.714. The van der Waals surface area contributed by atoms with Crippen molar-refractivity contribution in [3.05, 3.63) is 35.4 Å². The van der Waals surface area contributed by atoms with Crippen molar-refractivity contribution in [2.24, 2.45) is 0 Å². The first-order chi connectivity index (χ1) is 11.4. The lowest BCUT2D eigenvalue weighted by Crippen LogP contribution is -2.50. The Morgan fingerprint density at radius 2 is 1.71 bits per heavy atom. The molecule has 1 saturated heterocycles. The van der Waals surface area contributed by atoms with E-state index >= 15 is 0 Å². The minimum absolute atomic E-state index is 0.274. The van der Waals surface area contributed by atoms with Gasteiger partial charge in [-0.1, -0.05) is 70.1 Å². The molecule has 1 aliphatic carbocycles. The quantitative estimate of drug-likeness (QED) is 0.596. The van der Waals surface area contributed by atoms with Crippen molar-refractivity contribution in [2.75, 3.05) is 0 Å². The number of hydroxylamine groups is 2. The number of benzene rings is 1. The molecule has 1 aromatic rings. The van der Waals surface area contributed by atoms with Crippen molar-refractivity contribution in [3.8, 4) is 0 Å². The second-order valence-corrected chi connectivity index (χ2v) is 14.9. The van der Waals surface area contributed by atoms with Gasteiger partial charge in [0.1, 0.15) is 0 Å². The second-order valence-electron chi connectivity index (χ2n) is 9.56. The molecule has 0 amide bonds. The molecule has 1 aromatic carbocycles. The summed E-state index contributed by atoms with van der Waals surface area (Å²) in [5, 5.41) is 2.54. The zero-order valence-electron chi connectivity index (χ0n) is 15.8. The summed E-state index contributed by atoms with van der Waals surface area (Å²) in [5.74, 6) is 0.638. The number of rotatable bonds is 1. The van der Waals surface area contributed by atoms with Crippen molar-refractivity contribution in [1.29, 1.82) is 0 Å². The minimum atomic E-state index is -1.31. The molecule has 132 valence electrons. The lowest BCUT2D eigenvalue weighted by atomic mass is 9.75. The molecule has 0 radical (unpaired) electrons. The summed E-state index contributed by atoms with van der Waals surface area (Å²) in [4.78, 5) is 6.80. The molecule has 2 aliphatic heterocycles. The number of hydrogen-bond acceptors (Lipinski definition) is 2. The Labute approximate surface area is 148 Å². The van der Waals surface area contributed by atoms with Crippen molar-refractivity contribution >= 4 is 8.07 Å². The molecule has 0 N–H and O–H groups in total. The highest BCUT2D eigenvalue weighted by Crippen LogP contribution is 2.53. The van der Waals surface area contributed by atoms with Gasteiger partial charge in [0.05, 0.1) is 19.8 Å². The van der Waals surface area contributed by atoms with E-state index in [1.807, 2.05) is 0 Å². The summed E-state index contributed by atoms with van der Waals surface area (Å²) < 4.78 is 0. The van der Waals surface area contributed by atoms with Crippen LogP contribution in [0.3, 0.4) is 0 Å². The minimum Gasteiger partial charge on any atom is -0.298 e. The molecular formula is C21H33NOSi. The lowest BCUT2D eigenvalue weighted by Gasteiger charge is -2.46. The zero-order valence-corrected chi connectivity index (χ0v) is 16.8. The van der Waals surface area contributed by atoms with Crippen LogP contribution in [0.15, 0.2) is 24.3 Å². The Hall–Kier alpha value is -0.643. The predicted molar refractivity (Wildman–Crippen MR) is 103 cm³/mol. The molecule has 24 heavy (non-hydrogen) atoms. The first-order valence-corrected chi connectivity index (χ1v) is 13.5. The Bertz CT molecular complexity index is 602. The Kier molecular flexibility index (Phi) is 4.17. The van der Waals surface area contributed by atoms with E-state index in [0.29, 0.717) is 17.7 Å². The number of hydrogen-bond donors (Lipinski definition) is 0. The van der Waals surface area contributed by atoms with E-state index in [4.69, 9.17) is 4.84 Å². The lowest BCUT2D eigenvalue weighted by molar-refractivity contribution is -0.225. The van der Waals surface area contributed by atoms with Crippen LogP contribution in [-0.2, 0) is 4.84 Å². The highest BCUT2D eigenvalue weighted by atomic mass is 28.3. The topological polar surface area (TPSA) is 12.5 Å². The molecule has 1 spiro atoms. The summed E-state index contributed by atoms with van der Waals surface area (Å²) in [7, 11) is -1.31. The fourth-order valence-corrected chi connectivity index (χ4v) is 6.79. The van der Waals surface area contributed by atoms with Gasteiger partial charge in [-0.2, -0.15) is 5.06 Å². The predicted octanol–water partition coefficient (Wildman–Crippen LogP) is 5.82. The van der Waals surface area contributed by atoms with Crippen LogP contribution in [0.25, 0.3) is 0 Å². The van der Waals surface area contributed by atoms with Gasteiger partial charge in [-0.05, 0) is 42.7 Å². The largest absolute Gasteiger partial charge is 0.298 e. The van der Waals surface area contributed by atoms with Crippen LogP contribution in [0.5, 0.6) is 0 Å². The Morgan fingerprint density at radius 3 is 2.38 bits per heavy atom. The van der Waals surface area contributed by atoms with Crippen molar-refractivity contribution in [3.63, 3.8) is 0 Å². The molecule has 1 saturated carbocycles. The van der Waals surface area contributed by atoms with E-state index in [-0.39, 0.29) is 5.54 Å². The smallest absolute Gasteiger partial charge is 0.0813 e. The number of nitrogens with zero attached hydrogens (tertiary/aromatic N) is 1. The summed E-state index contributed by atoms with van der Waals surface area (Å²) in [6, 6.07) is 9.68. The van der Waals surface area contributed by atoms with Crippen LogP contribution in [0, 0.1) is 0 Å². The number of fused-ring (bicyclic) bond motifs is 4. The zero-order chi connectivity index (χ0) is 16.9. The third kappa shape index (κ3) is 2.69. The molecule has 3 atom stereocenters. The average Bonchev–Trinajstić information content (AvgIpc) is 2.99. The SMILES string of the molecule is CC1CC2(CCCCC2)N2OC([Si](C)(C)C)CC2c2ccccc21. The fourth-order valence-electron chi connectivity index (χ4n) is 5.43. The molecule has 0 aromatic heterocycles. The normalized spacial score (nSPS) is 33.1. The van der Waals surface area contributed by atoms with Crippen LogP contribution in [0.4, 0.5) is 0 Å². The van der Waals surface area contributed by atoms with Gasteiger partial charge in [0.25, 0.3) is 0 Å². The summed E-state index contributed by atoms with van der Waals surface area (Å²) >= 11 is 0. The maximum Gasteiger partial charge on any atom is 0.0813 e. The van der Waals surface area contributed by atoms with Crippen molar-refractivity contribution in [1.82, 2.24) is 5.06 Å². The van der Waals surface area contributed by atoms with Crippen LogP contribution >= 0.6 is 0 Å². The van der Waals surface area contributed by atoms with E-state index < -0.39 is 8.07 Å². The average molecular weight is 344 g/mol. The molecule has 0 bridgehead atoms. The molecule has 3 aliphatic rings. The van der Waals surface area contributed by atoms with Gasteiger partial charge in [0.2, 0.25) is 0 Å². The summed E-state index contributed by atoms with van der Waals surface area (Å²) in [6.07, 6.45) is 9.24. The third-order valence-electron chi connectivity index (χ3n) is 6.75. The standard InChI is InChI=1S/C21H33NOSi/c1-16-15-21(12-8-5-9-13-21)22-19(14-20(23-22)24(2,3)4)18-11-7-6-10-17(16)18/h6-7,10-11,16,19-20H,5,8-9,12-15H2,1-4H3. The Morgan fingerprint density at radius 1 is 1.04 bits per heavy atom. The van der Waals surface area contributed by atoms with Gasteiger partial charge < -0.3 is 0 Å². The van der Waals surface area contributed by atoms with Gasteiger partial charge in [-0.15, -0.1) is 0 Å². The maximum absolute atomic E-state index is 6.80. The van der Waals surface area contributed by atoms with E-state index in [9.17, 15) is 0 Å². The van der Waals surface area contributed by atoms with Crippen LogP contribution < -0.4 is 0 Å². The first kappa shape index (κ1) is 16.8. The van der Waals surface area contributed by atoms with Gasteiger partial charge in [-0.25, -0.2) is 0 Å². The monoisotopic (exact) mass is 343 g/mol. The van der Waals surface area contributed by atoms with Gasteiger partial charge in [-0.3, -0.25) is 4.84 Å². The summed E-state index contributed by atoms with van der Waals surface area (Å²) in [5.41, 5.74) is 3.86. The molecular weight excluding hydrogens is 310 g/mol. The highest BCUT2D eigenvalue weighted by Gasteiger charge is 2.53. The van der Waals surface area contributed by atoms with Gasteiger partial charge in [0.15, 0.2) is 0 Å². The van der Waals surface area contributed by atoms with Crippen molar-refractivity contribution < 1.29 is 4.84 Å². The van der Waals surface area contributed by atoms with E-state index in [2.05, 4.69) is 55.9 Å². The molecule has 4 rings (SSSR count). The van der Waals surface area contributed by atoms with E-state index in [1.54, 1.807) is 11.1 Å². The molecule has 3 unspecified atom stereocenters. The summed E-state index contributed by atoms with van der Waals surface area (Å²) in [6.45, 7) is 9.83. The highest BCUT2D eigenvalue weighted by molar-refractivity contribution is 6.77. The molecule has 3 heteroatoms. The van der Waals surface area contributed by atoms with E-state index in [0.717, 1.165) is 0 Å². The molecule has 2 fully saturated rings. The maximum atomic E-state index is 6.80. The van der Waals surface area contributed by atoms with Crippen LogP contribution in [-0.4, -0.2) is 24.4 Å². The first-order valence-electron chi connectivity index (χ1n) is 9.96. The van der Waals surface area contributed by atoms with Crippen molar-refractivity contribution in [2.45, 2.75) is 94.7 Å². The van der Waals surface area contributed by atoms with Crippen LogP contribution in [0.2, 0.25) is 19.6 Å². The van der Waals surface area contributed by atoms with Gasteiger partial charge in [0, 0.05) is 5.54 Å². The van der Waals surface area contributed by atoms with Crippen LogP contribution in [0.1, 0.15) is 75.0 Å². The van der Waals surface area contributed by atoms with Gasteiger partial charge >= 0.3 is 0 Å².